The number of piperidine rings is 1. The summed E-state index contributed by atoms with van der Waals surface area (Å²) in [7, 11) is -3.36. The largest absolute Gasteiger partial charge is 0.445 e. The van der Waals surface area contributed by atoms with Crippen LogP contribution in [0.2, 0.25) is 5.02 Å². The monoisotopic (exact) mass is 408 g/mol. The van der Waals surface area contributed by atoms with E-state index in [2.05, 4.69) is 5.32 Å². The summed E-state index contributed by atoms with van der Waals surface area (Å²) in [6.45, 7) is 3.39. The van der Waals surface area contributed by atoms with Crippen molar-refractivity contribution in [3.63, 3.8) is 0 Å². The third kappa shape index (κ3) is 5.00. The Labute approximate surface area is 159 Å². The van der Waals surface area contributed by atoms with Gasteiger partial charge < -0.3 is 15.0 Å². The minimum Gasteiger partial charge on any atom is -0.445 e. The van der Waals surface area contributed by atoms with Gasteiger partial charge in [-0.2, -0.15) is 0 Å². The van der Waals surface area contributed by atoms with Crippen LogP contribution in [0.5, 0.6) is 0 Å². The first-order valence-corrected chi connectivity index (χ1v) is 10.2. The van der Waals surface area contributed by atoms with Gasteiger partial charge in [-0.15, -0.1) is 12.4 Å². The maximum Gasteiger partial charge on any atom is 0.410 e. The van der Waals surface area contributed by atoms with Crippen molar-refractivity contribution >= 4 is 39.9 Å². The van der Waals surface area contributed by atoms with E-state index < -0.39 is 9.84 Å². The van der Waals surface area contributed by atoms with Crippen molar-refractivity contribution < 1.29 is 17.9 Å². The number of amides is 1. The van der Waals surface area contributed by atoms with Gasteiger partial charge in [-0.05, 0) is 55.1 Å². The number of benzene rings is 1. The average Bonchev–Trinajstić information content (AvgIpc) is 2.98. The minimum atomic E-state index is -3.36. The third-order valence-electron chi connectivity index (χ3n) is 4.68. The van der Waals surface area contributed by atoms with Crippen molar-refractivity contribution in [2.45, 2.75) is 17.9 Å². The molecule has 1 amide bonds. The average molecular weight is 409 g/mol. The Morgan fingerprint density at radius 3 is 2.76 bits per heavy atom. The number of hydrogen-bond acceptors (Lipinski definition) is 5. The van der Waals surface area contributed by atoms with Crippen molar-refractivity contribution in [1.82, 2.24) is 10.2 Å². The molecule has 6 nitrogen and oxygen atoms in total. The molecule has 0 saturated carbocycles. The molecule has 0 aliphatic carbocycles. The van der Waals surface area contributed by atoms with Crippen LogP contribution in [-0.2, 0) is 21.2 Å². The molecule has 2 aliphatic heterocycles. The van der Waals surface area contributed by atoms with Gasteiger partial charge in [0.05, 0.1) is 4.90 Å². The molecular weight excluding hydrogens is 387 g/mol. The van der Waals surface area contributed by atoms with Crippen LogP contribution in [0.4, 0.5) is 4.79 Å². The lowest BCUT2D eigenvalue weighted by molar-refractivity contribution is 0.0730. The number of fused-ring (bicyclic) bond motifs is 1. The van der Waals surface area contributed by atoms with Crippen molar-refractivity contribution in [1.29, 1.82) is 0 Å². The minimum absolute atomic E-state index is 0. The standard InChI is InChI=1S/C16H21ClN2O4S.ClH/c1-24(21,22)15-5-11(4-14(17)6-15)10-23-16(20)19-3-2-12-7-18-8-13(12)9-19;/h4-6,12-13,18H,2-3,7-10H2,1H3;1H. The summed E-state index contributed by atoms with van der Waals surface area (Å²) in [4.78, 5) is 14.1. The first-order chi connectivity index (χ1) is 11.3. The highest BCUT2D eigenvalue weighted by Gasteiger charge is 2.34. The number of nitrogens with zero attached hydrogens (tertiary/aromatic N) is 1. The third-order valence-corrected chi connectivity index (χ3v) is 5.99. The van der Waals surface area contributed by atoms with E-state index in [0.717, 1.165) is 25.8 Å². The second kappa shape index (κ2) is 8.12. The number of ether oxygens (including phenoxy) is 1. The molecule has 1 N–H and O–H groups in total. The Kier molecular flexibility index (Phi) is 6.59. The van der Waals surface area contributed by atoms with Crippen LogP contribution in [0.25, 0.3) is 0 Å². The van der Waals surface area contributed by atoms with Gasteiger partial charge in [-0.3, -0.25) is 0 Å². The van der Waals surface area contributed by atoms with E-state index in [9.17, 15) is 13.2 Å². The summed E-state index contributed by atoms with van der Waals surface area (Å²) in [6.07, 6.45) is 1.75. The molecule has 2 saturated heterocycles. The molecular formula is C16H22Cl2N2O4S. The van der Waals surface area contributed by atoms with Crippen molar-refractivity contribution in [2.24, 2.45) is 11.8 Å². The van der Waals surface area contributed by atoms with Gasteiger partial charge >= 0.3 is 6.09 Å². The second-order valence-corrected chi connectivity index (χ2v) is 8.99. The fraction of sp³-hybridized carbons (Fsp3) is 0.562. The number of carbonyl (C=O) groups is 1. The number of nitrogens with one attached hydrogen (secondary N) is 1. The van der Waals surface area contributed by atoms with Crippen molar-refractivity contribution in [3.8, 4) is 0 Å². The maximum atomic E-state index is 12.3. The Hall–Kier alpha value is -1.02. The quantitative estimate of drug-likeness (QED) is 0.830. The van der Waals surface area contributed by atoms with Gasteiger partial charge in [-0.25, -0.2) is 13.2 Å². The van der Waals surface area contributed by atoms with Crippen molar-refractivity contribution in [2.75, 3.05) is 32.4 Å². The van der Waals surface area contributed by atoms with Crippen LogP contribution in [-0.4, -0.2) is 51.8 Å². The van der Waals surface area contributed by atoms with Crippen LogP contribution in [0.1, 0.15) is 12.0 Å². The zero-order chi connectivity index (χ0) is 17.3. The molecule has 2 aliphatic rings. The summed E-state index contributed by atoms with van der Waals surface area (Å²) < 4.78 is 28.6. The molecule has 3 rings (SSSR count). The summed E-state index contributed by atoms with van der Waals surface area (Å²) >= 11 is 5.96. The molecule has 1 aromatic carbocycles. The molecule has 25 heavy (non-hydrogen) atoms. The normalized spacial score (nSPS) is 22.9. The molecule has 0 radical (unpaired) electrons. The van der Waals surface area contributed by atoms with Gasteiger partial charge in [0.25, 0.3) is 0 Å². The van der Waals surface area contributed by atoms with E-state index in [4.69, 9.17) is 16.3 Å². The SMILES string of the molecule is CS(=O)(=O)c1cc(Cl)cc(COC(=O)N2CCC3CNCC3C2)c1.Cl. The van der Waals surface area contributed by atoms with E-state index in [1.807, 2.05) is 0 Å². The van der Waals surface area contributed by atoms with Crippen LogP contribution in [0, 0.1) is 11.8 Å². The Morgan fingerprint density at radius 2 is 2.04 bits per heavy atom. The number of halogens is 2. The van der Waals surface area contributed by atoms with E-state index in [0.29, 0.717) is 35.5 Å². The van der Waals surface area contributed by atoms with Gasteiger partial charge in [0.15, 0.2) is 9.84 Å². The zero-order valence-corrected chi connectivity index (χ0v) is 16.3. The number of rotatable bonds is 3. The number of likely N-dealkylation sites (tertiary alicyclic amines) is 1. The Morgan fingerprint density at radius 1 is 1.32 bits per heavy atom. The molecule has 0 bridgehead atoms. The summed E-state index contributed by atoms with van der Waals surface area (Å²) in [5, 5.41) is 3.67. The highest BCUT2D eigenvalue weighted by atomic mass is 35.5. The van der Waals surface area contributed by atoms with E-state index >= 15 is 0 Å². The summed E-state index contributed by atoms with van der Waals surface area (Å²) in [6, 6.07) is 4.48. The first kappa shape index (κ1) is 20.3. The van der Waals surface area contributed by atoms with E-state index in [1.54, 1.807) is 11.0 Å². The maximum absolute atomic E-state index is 12.3. The van der Waals surface area contributed by atoms with Gasteiger partial charge in [0, 0.05) is 24.4 Å². The lowest BCUT2D eigenvalue weighted by atomic mass is 9.89. The predicted molar refractivity (Wildman–Crippen MR) is 98.0 cm³/mol. The van der Waals surface area contributed by atoms with Crippen LogP contribution in [0.15, 0.2) is 23.1 Å². The molecule has 2 unspecified atom stereocenters. The topological polar surface area (TPSA) is 75.7 Å². The van der Waals surface area contributed by atoms with E-state index in [1.165, 1.54) is 12.1 Å². The highest BCUT2D eigenvalue weighted by Crippen LogP contribution is 2.27. The molecule has 0 spiro atoms. The fourth-order valence-corrected chi connectivity index (χ4v) is 4.38. The predicted octanol–water partition coefficient (Wildman–Crippen LogP) is 2.34. The lowest BCUT2D eigenvalue weighted by Gasteiger charge is -2.33. The van der Waals surface area contributed by atoms with Crippen molar-refractivity contribution in [3.05, 3.63) is 28.8 Å². The van der Waals surface area contributed by atoms with Gasteiger partial charge in [0.2, 0.25) is 0 Å². The molecule has 2 heterocycles. The number of sulfone groups is 1. The number of hydrogen-bond donors (Lipinski definition) is 1. The van der Waals surface area contributed by atoms with Crippen LogP contribution < -0.4 is 5.32 Å². The molecule has 9 heteroatoms. The first-order valence-electron chi connectivity index (χ1n) is 7.95. The van der Waals surface area contributed by atoms with Gasteiger partial charge in [-0.1, -0.05) is 11.6 Å². The van der Waals surface area contributed by atoms with Crippen LogP contribution in [0.3, 0.4) is 0 Å². The molecule has 1 aromatic rings. The Bertz CT molecular complexity index is 742. The lowest BCUT2D eigenvalue weighted by Crippen LogP contribution is -2.43. The molecule has 0 aromatic heterocycles. The number of carbonyl (C=O) groups excluding carboxylic acids is 1. The summed E-state index contributed by atoms with van der Waals surface area (Å²) in [5.74, 6) is 1.15. The molecule has 140 valence electrons. The molecule has 2 atom stereocenters. The smallest absolute Gasteiger partial charge is 0.410 e. The zero-order valence-electron chi connectivity index (χ0n) is 13.9. The second-order valence-electron chi connectivity index (χ2n) is 6.54. The van der Waals surface area contributed by atoms with Crippen LogP contribution >= 0.6 is 24.0 Å². The Balaban J connectivity index is 0.00000225. The fourth-order valence-electron chi connectivity index (χ4n) is 3.36. The summed E-state index contributed by atoms with van der Waals surface area (Å²) in [5.41, 5.74) is 0.564. The highest BCUT2D eigenvalue weighted by molar-refractivity contribution is 7.90. The van der Waals surface area contributed by atoms with Gasteiger partial charge in [0.1, 0.15) is 6.61 Å². The molecule has 2 fully saturated rings. The van der Waals surface area contributed by atoms with E-state index in [-0.39, 0.29) is 30.0 Å².